The molecule has 1 nitrogen and oxygen atoms in total. The number of hydrogen-bond donors (Lipinski definition) is 1. The Labute approximate surface area is 93.2 Å². The van der Waals surface area contributed by atoms with Crippen molar-refractivity contribution < 1.29 is 26.3 Å². The zero-order valence-corrected chi connectivity index (χ0v) is 8.44. The molecule has 2 N–H and O–H groups in total. The first-order chi connectivity index (χ1) is 7.73. The van der Waals surface area contributed by atoms with E-state index in [1.807, 2.05) is 0 Å². The third kappa shape index (κ3) is 3.36. The maximum atomic E-state index is 13.4. The van der Waals surface area contributed by atoms with Gasteiger partial charge in [-0.3, -0.25) is 0 Å². The molecule has 0 aliphatic rings. The molecule has 0 bridgehead atoms. The summed E-state index contributed by atoms with van der Waals surface area (Å²) < 4.78 is 74.5. The molecule has 7 heteroatoms. The Morgan fingerprint density at radius 2 is 1.76 bits per heavy atom. The number of hydrogen-bond acceptors (Lipinski definition) is 1. The molecule has 96 valence electrons. The van der Waals surface area contributed by atoms with Gasteiger partial charge in [-0.15, -0.1) is 0 Å². The molecule has 0 heterocycles. The van der Waals surface area contributed by atoms with E-state index in [2.05, 4.69) is 0 Å². The number of benzene rings is 1. The molecule has 0 aliphatic carbocycles. The van der Waals surface area contributed by atoms with Gasteiger partial charge in [0.2, 0.25) is 0 Å². The minimum Gasteiger partial charge on any atom is -0.323 e. The van der Waals surface area contributed by atoms with Gasteiger partial charge in [-0.2, -0.15) is 13.2 Å². The SMILES string of the molecule is NC(Cc1cccc(C(F)(F)F)c1F)C(F)F. The third-order valence-corrected chi connectivity index (χ3v) is 2.16. The lowest BCUT2D eigenvalue weighted by Crippen LogP contribution is -2.31. The molecule has 0 fully saturated rings. The van der Waals surface area contributed by atoms with Gasteiger partial charge >= 0.3 is 6.18 Å². The van der Waals surface area contributed by atoms with E-state index in [-0.39, 0.29) is 0 Å². The molecule has 0 aromatic heterocycles. The minimum atomic E-state index is -4.85. The predicted molar refractivity (Wildman–Crippen MR) is 49.1 cm³/mol. The van der Waals surface area contributed by atoms with Crippen molar-refractivity contribution >= 4 is 0 Å². The fraction of sp³-hybridized carbons (Fsp3) is 0.400. The molecular formula is C10H9F6N. The summed E-state index contributed by atoms with van der Waals surface area (Å²) in [7, 11) is 0. The summed E-state index contributed by atoms with van der Waals surface area (Å²) in [6, 6.07) is 0.826. The Kier molecular flexibility index (Phi) is 4.03. The molecule has 0 saturated heterocycles. The van der Waals surface area contributed by atoms with Gasteiger partial charge in [0.1, 0.15) is 5.82 Å². The van der Waals surface area contributed by atoms with Crippen LogP contribution in [0.1, 0.15) is 11.1 Å². The van der Waals surface area contributed by atoms with Crippen LogP contribution < -0.4 is 5.73 Å². The molecule has 1 atom stereocenters. The van der Waals surface area contributed by atoms with Crippen molar-refractivity contribution in [1.82, 2.24) is 0 Å². The van der Waals surface area contributed by atoms with Crippen LogP contribution in [0.3, 0.4) is 0 Å². The second-order valence-electron chi connectivity index (χ2n) is 3.48. The van der Waals surface area contributed by atoms with Crippen LogP contribution in [0.2, 0.25) is 0 Å². The molecule has 0 aliphatic heterocycles. The van der Waals surface area contributed by atoms with Crippen molar-refractivity contribution in [3.8, 4) is 0 Å². The number of alkyl halides is 5. The van der Waals surface area contributed by atoms with Gasteiger partial charge in [0, 0.05) is 0 Å². The Morgan fingerprint density at radius 3 is 2.24 bits per heavy atom. The molecule has 1 aromatic rings. The van der Waals surface area contributed by atoms with E-state index in [0.29, 0.717) is 6.07 Å². The van der Waals surface area contributed by atoms with Crippen LogP contribution in [0.15, 0.2) is 18.2 Å². The second-order valence-corrected chi connectivity index (χ2v) is 3.48. The lowest BCUT2D eigenvalue weighted by molar-refractivity contribution is -0.140. The highest BCUT2D eigenvalue weighted by molar-refractivity contribution is 5.28. The predicted octanol–water partition coefficient (Wildman–Crippen LogP) is 2.98. The van der Waals surface area contributed by atoms with Gasteiger partial charge < -0.3 is 5.73 Å². The van der Waals surface area contributed by atoms with Gasteiger partial charge in [-0.1, -0.05) is 12.1 Å². The van der Waals surface area contributed by atoms with Crippen LogP contribution in [-0.2, 0) is 12.6 Å². The van der Waals surface area contributed by atoms with Gasteiger partial charge in [0.25, 0.3) is 6.43 Å². The first kappa shape index (κ1) is 13.8. The maximum absolute atomic E-state index is 13.4. The minimum absolute atomic E-state index is 0.465. The Balaban J connectivity index is 3.03. The second kappa shape index (κ2) is 4.95. The molecule has 1 aromatic carbocycles. The zero-order chi connectivity index (χ0) is 13.2. The van der Waals surface area contributed by atoms with Gasteiger partial charge in [0.15, 0.2) is 0 Å². The van der Waals surface area contributed by atoms with Crippen molar-refractivity contribution in [2.45, 2.75) is 25.1 Å². The largest absolute Gasteiger partial charge is 0.419 e. The molecule has 0 amide bonds. The monoisotopic (exact) mass is 257 g/mol. The molecule has 0 radical (unpaired) electrons. The third-order valence-electron chi connectivity index (χ3n) is 2.16. The normalized spacial score (nSPS) is 14.1. The fourth-order valence-electron chi connectivity index (χ4n) is 1.30. The summed E-state index contributed by atoms with van der Waals surface area (Å²) >= 11 is 0. The van der Waals surface area contributed by atoms with E-state index in [0.717, 1.165) is 12.1 Å². The Hall–Kier alpha value is -1.24. The summed E-state index contributed by atoms with van der Waals surface area (Å²) in [4.78, 5) is 0. The van der Waals surface area contributed by atoms with E-state index in [1.165, 1.54) is 0 Å². The average Bonchev–Trinajstić information content (AvgIpc) is 2.19. The lowest BCUT2D eigenvalue weighted by atomic mass is 10.0. The number of nitrogens with two attached hydrogens (primary N) is 1. The summed E-state index contributed by atoms with van der Waals surface area (Å²) in [5, 5.41) is 0. The van der Waals surface area contributed by atoms with Crippen LogP contribution in [0, 0.1) is 5.82 Å². The van der Waals surface area contributed by atoms with Crippen LogP contribution in [0.5, 0.6) is 0 Å². The van der Waals surface area contributed by atoms with E-state index < -0.39 is 42.0 Å². The number of rotatable bonds is 3. The highest BCUT2D eigenvalue weighted by Gasteiger charge is 2.35. The van der Waals surface area contributed by atoms with Crippen molar-refractivity contribution in [3.05, 3.63) is 35.1 Å². The summed E-state index contributed by atoms with van der Waals surface area (Å²) in [5.41, 5.74) is 3.04. The van der Waals surface area contributed by atoms with Gasteiger partial charge in [0.05, 0.1) is 11.6 Å². The highest BCUT2D eigenvalue weighted by atomic mass is 19.4. The molecule has 17 heavy (non-hydrogen) atoms. The number of halogens is 6. The average molecular weight is 257 g/mol. The van der Waals surface area contributed by atoms with Crippen molar-refractivity contribution in [3.63, 3.8) is 0 Å². The maximum Gasteiger partial charge on any atom is 0.419 e. The molecule has 0 spiro atoms. The highest BCUT2D eigenvalue weighted by Crippen LogP contribution is 2.32. The van der Waals surface area contributed by atoms with Crippen LogP contribution >= 0.6 is 0 Å². The fourth-order valence-corrected chi connectivity index (χ4v) is 1.30. The van der Waals surface area contributed by atoms with Crippen molar-refractivity contribution in [2.24, 2.45) is 5.73 Å². The molecule has 1 unspecified atom stereocenters. The Morgan fingerprint density at radius 1 is 1.18 bits per heavy atom. The summed E-state index contributed by atoms with van der Waals surface area (Å²) in [6.45, 7) is 0. The van der Waals surface area contributed by atoms with Gasteiger partial charge in [-0.05, 0) is 18.1 Å². The van der Waals surface area contributed by atoms with E-state index in [9.17, 15) is 26.3 Å². The smallest absolute Gasteiger partial charge is 0.323 e. The van der Waals surface area contributed by atoms with Crippen LogP contribution in [0.4, 0.5) is 26.3 Å². The topological polar surface area (TPSA) is 26.0 Å². The molecular weight excluding hydrogens is 248 g/mol. The first-order valence-corrected chi connectivity index (χ1v) is 4.61. The van der Waals surface area contributed by atoms with E-state index in [1.54, 1.807) is 0 Å². The molecule has 0 saturated carbocycles. The first-order valence-electron chi connectivity index (χ1n) is 4.61. The lowest BCUT2D eigenvalue weighted by Gasteiger charge is -2.14. The zero-order valence-electron chi connectivity index (χ0n) is 8.44. The van der Waals surface area contributed by atoms with Crippen LogP contribution in [-0.4, -0.2) is 12.5 Å². The Bertz CT molecular complexity index is 387. The van der Waals surface area contributed by atoms with Crippen molar-refractivity contribution in [2.75, 3.05) is 0 Å². The van der Waals surface area contributed by atoms with Crippen molar-refractivity contribution in [1.29, 1.82) is 0 Å². The quantitative estimate of drug-likeness (QED) is 0.828. The standard InChI is InChI=1S/C10H9F6N/c11-8-5(4-7(17)9(12)13)2-1-3-6(8)10(14,15)16/h1-3,7,9H,4,17H2. The van der Waals surface area contributed by atoms with Gasteiger partial charge in [-0.25, -0.2) is 13.2 Å². The summed E-state index contributed by atoms with van der Waals surface area (Å²) in [5.74, 6) is -1.55. The molecule has 1 rings (SSSR count). The van der Waals surface area contributed by atoms with Crippen LogP contribution in [0.25, 0.3) is 0 Å². The van der Waals surface area contributed by atoms with E-state index >= 15 is 0 Å². The summed E-state index contributed by atoms with van der Waals surface area (Å²) in [6.07, 6.45) is -8.41. The van der Waals surface area contributed by atoms with E-state index in [4.69, 9.17) is 5.73 Å².